The molecule has 0 unspecified atom stereocenters. The molecule has 0 aromatic carbocycles. The topological polar surface area (TPSA) is 73.1 Å². The van der Waals surface area contributed by atoms with E-state index >= 15 is 0 Å². The van der Waals surface area contributed by atoms with Crippen LogP contribution < -0.4 is 16.0 Å². The van der Waals surface area contributed by atoms with Crippen LogP contribution in [0.3, 0.4) is 0 Å². The highest BCUT2D eigenvalue weighted by Crippen LogP contribution is 2.29. The summed E-state index contributed by atoms with van der Waals surface area (Å²) >= 11 is 0. The van der Waals surface area contributed by atoms with Crippen molar-refractivity contribution in [3.63, 3.8) is 0 Å². The van der Waals surface area contributed by atoms with E-state index in [9.17, 15) is 0 Å². The number of ether oxygens (including phenoxy) is 1. The molecule has 15 heavy (non-hydrogen) atoms. The Kier molecular flexibility index (Phi) is 3.34. The molecule has 5 nitrogen and oxygen atoms in total. The molecule has 0 aliphatic heterocycles. The van der Waals surface area contributed by atoms with E-state index in [4.69, 9.17) is 10.6 Å². The Morgan fingerprint density at radius 3 is 3.07 bits per heavy atom. The molecule has 1 fully saturated rings. The van der Waals surface area contributed by atoms with Crippen molar-refractivity contribution in [2.75, 3.05) is 12.0 Å². The van der Waals surface area contributed by atoms with E-state index in [1.165, 1.54) is 19.3 Å². The molecule has 0 saturated heterocycles. The predicted molar refractivity (Wildman–Crippen MR) is 57.3 cm³/mol. The number of aromatic nitrogens is 2. The highest BCUT2D eigenvalue weighted by molar-refractivity contribution is 5.25. The summed E-state index contributed by atoms with van der Waals surface area (Å²) in [5.41, 5.74) is 2.39. The van der Waals surface area contributed by atoms with Gasteiger partial charge in [0.25, 0.3) is 0 Å². The van der Waals surface area contributed by atoms with E-state index < -0.39 is 0 Å². The molecule has 1 saturated carbocycles. The molecular formula is C10H16N4O. The first-order valence-corrected chi connectivity index (χ1v) is 5.31. The molecule has 0 bridgehead atoms. The molecule has 2 rings (SSSR count). The third-order valence-corrected chi connectivity index (χ3v) is 2.76. The van der Waals surface area contributed by atoms with E-state index in [0.717, 1.165) is 18.9 Å². The van der Waals surface area contributed by atoms with Crippen molar-refractivity contribution in [3.05, 3.63) is 12.3 Å². The van der Waals surface area contributed by atoms with Gasteiger partial charge >= 0.3 is 0 Å². The summed E-state index contributed by atoms with van der Waals surface area (Å²) in [6, 6.07) is 1.74. The summed E-state index contributed by atoms with van der Waals surface area (Å²) in [4.78, 5) is 7.96. The Labute approximate surface area is 89.0 Å². The minimum atomic E-state index is 0.385. The van der Waals surface area contributed by atoms with E-state index in [-0.39, 0.29) is 0 Å². The lowest BCUT2D eigenvalue weighted by Crippen LogP contribution is -2.15. The minimum Gasteiger partial charge on any atom is -0.478 e. The van der Waals surface area contributed by atoms with Crippen LogP contribution in [0.4, 0.5) is 5.95 Å². The highest BCUT2D eigenvalue weighted by atomic mass is 16.5. The maximum absolute atomic E-state index is 5.51. The van der Waals surface area contributed by atoms with Gasteiger partial charge in [0.1, 0.15) is 0 Å². The first-order chi connectivity index (χ1) is 7.38. The SMILES string of the molecule is NNc1nccc(OCCC2CCC2)n1. The zero-order chi connectivity index (χ0) is 10.5. The maximum atomic E-state index is 5.51. The Balaban J connectivity index is 1.76. The van der Waals surface area contributed by atoms with Crippen LogP contribution in [0.2, 0.25) is 0 Å². The summed E-state index contributed by atoms with van der Waals surface area (Å²) in [5, 5.41) is 0. The van der Waals surface area contributed by atoms with Crippen LogP contribution in [0, 0.1) is 5.92 Å². The largest absolute Gasteiger partial charge is 0.478 e. The molecule has 5 heteroatoms. The first-order valence-electron chi connectivity index (χ1n) is 5.31. The normalized spacial score (nSPS) is 15.8. The monoisotopic (exact) mass is 208 g/mol. The standard InChI is InChI=1S/C10H16N4O/c11-14-10-12-6-4-9(13-10)15-7-5-8-2-1-3-8/h4,6,8H,1-3,5,7,11H2,(H,12,13,14). The van der Waals surface area contributed by atoms with Crippen molar-refractivity contribution in [2.24, 2.45) is 11.8 Å². The fraction of sp³-hybridized carbons (Fsp3) is 0.600. The third-order valence-electron chi connectivity index (χ3n) is 2.76. The summed E-state index contributed by atoms with van der Waals surface area (Å²) < 4.78 is 5.51. The molecule has 1 aromatic rings. The average molecular weight is 208 g/mol. The first kappa shape index (κ1) is 10.2. The van der Waals surface area contributed by atoms with Crippen LogP contribution in [0.15, 0.2) is 12.3 Å². The smallest absolute Gasteiger partial charge is 0.240 e. The molecule has 0 radical (unpaired) electrons. The van der Waals surface area contributed by atoms with Gasteiger partial charge in [0.15, 0.2) is 0 Å². The van der Waals surface area contributed by atoms with Gasteiger partial charge in [-0.25, -0.2) is 10.8 Å². The van der Waals surface area contributed by atoms with Crippen LogP contribution in [-0.2, 0) is 0 Å². The molecule has 82 valence electrons. The molecule has 1 heterocycles. The predicted octanol–water partition coefficient (Wildman–Crippen LogP) is 1.33. The van der Waals surface area contributed by atoms with Crippen molar-refractivity contribution >= 4 is 5.95 Å². The zero-order valence-electron chi connectivity index (χ0n) is 8.65. The van der Waals surface area contributed by atoms with Crippen LogP contribution >= 0.6 is 0 Å². The molecule has 0 spiro atoms. The van der Waals surface area contributed by atoms with Crippen molar-refractivity contribution in [1.29, 1.82) is 0 Å². The number of nitrogens with zero attached hydrogens (tertiary/aromatic N) is 2. The van der Waals surface area contributed by atoms with Gasteiger partial charge in [-0.15, -0.1) is 0 Å². The third kappa shape index (κ3) is 2.79. The van der Waals surface area contributed by atoms with Gasteiger partial charge < -0.3 is 4.74 Å². The summed E-state index contributed by atoms with van der Waals surface area (Å²) in [6.45, 7) is 0.728. The van der Waals surface area contributed by atoms with Crippen LogP contribution in [0.1, 0.15) is 25.7 Å². The van der Waals surface area contributed by atoms with Gasteiger partial charge in [0.05, 0.1) is 6.61 Å². The summed E-state index contributed by atoms with van der Waals surface area (Å²) in [6.07, 6.45) is 6.82. The quantitative estimate of drug-likeness (QED) is 0.564. The van der Waals surface area contributed by atoms with Gasteiger partial charge in [-0.2, -0.15) is 4.98 Å². The second kappa shape index (κ2) is 4.93. The van der Waals surface area contributed by atoms with E-state index in [1.54, 1.807) is 12.3 Å². The highest BCUT2D eigenvalue weighted by Gasteiger charge is 2.16. The average Bonchev–Trinajstić information content (AvgIpc) is 2.22. The molecule has 1 aromatic heterocycles. The lowest BCUT2D eigenvalue weighted by Gasteiger charge is -2.24. The number of nitrogens with two attached hydrogens (primary N) is 1. The summed E-state index contributed by atoms with van der Waals surface area (Å²) in [7, 11) is 0. The van der Waals surface area contributed by atoms with Gasteiger partial charge in [-0.1, -0.05) is 19.3 Å². The number of nitrogens with one attached hydrogen (secondary N) is 1. The Morgan fingerprint density at radius 2 is 2.40 bits per heavy atom. The second-order valence-corrected chi connectivity index (χ2v) is 3.80. The number of nitrogen functional groups attached to an aromatic ring is 1. The molecule has 3 N–H and O–H groups in total. The Hall–Kier alpha value is -1.36. The summed E-state index contributed by atoms with van der Waals surface area (Å²) in [5.74, 6) is 7.02. The number of anilines is 1. The van der Waals surface area contributed by atoms with Crippen LogP contribution in [0.5, 0.6) is 5.88 Å². The number of hydrogen-bond acceptors (Lipinski definition) is 5. The second-order valence-electron chi connectivity index (χ2n) is 3.80. The fourth-order valence-electron chi connectivity index (χ4n) is 1.60. The number of rotatable bonds is 5. The van der Waals surface area contributed by atoms with Gasteiger partial charge in [0.2, 0.25) is 11.8 Å². The molecule has 1 aliphatic carbocycles. The zero-order valence-corrected chi connectivity index (χ0v) is 8.65. The number of hydrogen-bond donors (Lipinski definition) is 2. The van der Waals surface area contributed by atoms with Crippen LogP contribution in [0.25, 0.3) is 0 Å². The van der Waals surface area contributed by atoms with Gasteiger partial charge in [-0.05, 0) is 12.3 Å². The molecule has 1 aliphatic rings. The Morgan fingerprint density at radius 1 is 1.53 bits per heavy atom. The maximum Gasteiger partial charge on any atom is 0.240 e. The lowest BCUT2D eigenvalue weighted by atomic mass is 9.83. The number of hydrazine groups is 1. The van der Waals surface area contributed by atoms with E-state index in [1.807, 2.05) is 0 Å². The van der Waals surface area contributed by atoms with E-state index in [0.29, 0.717) is 11.8 Å². The van der Waals surface area contributed by atoms with Gasteiger partial charge in [0, 0.05) is 12.3 Å². The van der Waals surface area contributed by atoms with Crippen molar-refractivity contribution < 1.29 is 4.74 Å². The lowest BCUT2D eigenvalue weighted by molar-refractivity contribution is 0.217. The fourth-order valence-corrected chi connectivity index (χ4v) is 1.60. The molecule has 0 atom stereocenters. The molecule has 0 amide bonds. The van der Waals surface area contributed by atoms with Gasteiger partial charge in [-0.3, -0.25) is 5.43 Å². The van der Waals surface area contributed by atoms with Crippen molar-refractivity contribution in [1.82, 2.24) is 9.97 Å². The minimum absolute atomic E-state index is 0.385. The van der Waals surface area contributed by atoms with Crippen molar-refractivity contribution in [2.45, 2.75) is 25.7 Å². The Bertz CT molecular complexity index is 314. The molecular weight excluding hydrogens is 192 g/mol. The van der Waals surface area contributed by atoms with Crippen molar-refractivity contribution in [3.8, 4) is 5.88 Å². The van der Waals surface area contributed by atoms with Crippen LogP contribution in [-0.4, -0.2) is 16.6 Å². The van der Waals surface area contributed by atoms with E-state index in [2.05, 4.69) is 15.4 Å².